The van der Waals surface area contributed by atoms with Crippen molar-refractivity contribution in [1.82, 2.24) is 0 Å². The third kappa shape index (κ3) is 3.75. The SMILES string of the molecule is C=CCSC1=NC(=Cc2ccc(OC)cc2)C(=O)S1. The summed E-state index contributed by atoms with van der Waals surface area (Å²) in [5.74, 6) is 1.55. The molecule has 1 heterocycles. The highest BCUT2D eigenvalue weighted by Gasteiger charge is 2.21. The zero-order chi connectivity index (χ0) is 13.7. The van der Waals surface area contributed by atoms with Gasteiger partial charge in [-0.15, -0.1) is 6.58 Å². The molecule has 0 aliphatic carbocycles. The standard InChI is InChI=1S/C14H13NO2S2/c1-3-8-18-14-15-12(13(16)19-14)9-10-4-6-11(17-2)7-5-10/h3-7,9H,1,8H2,2H3. The maximum absolute atomic E-state index is 11.8. The summed E-state index contributed by atoms with van der Waals surface area (Å²) in [6, 6.07) is 7.51. The second-order valence-corrected chi connectivity index (χ2v) is 5.90. The lowest BCUT2D eigenvalue weighted by Gasteiger charge is -1.99. The van der Waals surface area contributed by atoms with E-state index in [1.54, 1.807) is 19.3 Å². The Morgan fingerprint density at radius 3 is 2.79 bits per heavy atom. The van der Waals surface area contributed by atoms with Crippen LogP contribution in [0, 0.1) is 0 Å². The number of benzene rings is 1. The van der Waals surface area contributed by atoms with Gasteiger partial charge in [0.05, 0.1) is 7.11 Å². The van der Waals surface area contributed by atoms with Gasteiger partial charge in [-0.05, 0) is 35.5 Å². The minimum Gasteiger partial charge on any atom is -0.497 e. The first-order valence-corrected chi connectivity index (χ1v) is 7.43. The summed E-state index contributed by atoms with van der Waals surface area (Å²) in [6.07, 6.45) is 3.58. The lowest BCUT2D eigenvalue weighted by atomic mass is 10.2. The van der Waals surface area contributed by atoms with Gasteiger partial charge in [0.1, 0.15) is 15.8 Å². The van der Waals surface area contributed by atoms with Gasteiger partial charge >= 0.3 is 0 Å². The molecule has 0 saturated heterocycles. The van der Waals surface area contributed by atoms with Crippen molar-refractivity contribution in [2.24, 2.45) is 4.99 Å². The summed E-state index contributed by atoms with van der Waals surface area (Å²) >= 11 is 2.70. The Labute approximate surface area is 120 Å². The van der Waals surface area contributed by atoms with Crippen LogP contribution in [0.5, 0.6) is 5.75 Å². The first kappa shape index (κ1) is 14.0. The fraction of sp³-hybridized carbons (Fsp3) is 0.143. The normalized spacial score (nSPS) is 16.6. The van der Waals surface area contributed by atoms with Crippen LogP contribution in [0.15, 0.2) is 47.6 Å². The van der Waals surface area contributed by atoms with Crippen molar-refractivity contribution in [2.75, 3.05) is 12.9 Å². The molecule has 19 heavy (non-hydrogen) atoms. The highest BCUT2D eigenvalue weighted by molar-refractivity contribution is 8.45. The largest absolute Gasteiger partial charge is 0.497 e. The van der Waals surface area contributed by atoms with E-state index in [0.29, 0.717) is 5.70 Å². The molecule has 0 saturated carbocycles. The van der Waals surface area contributed by atoms with Crippen LogP contribution in [-0.4, -0.2) is 22.4 Å². The first-order valence-electron chi connectivity index (χ1n) is 5.63. The number of nitrogens with zero attached hydrogens (tertiary/aromatic N) is 1. The number of carbonyl (C=O) groups excluding carboxylic acids is 1. The van der Waals surface area contributed by atoms with Gasteiger partial charge in [0.25, 0.3) is 0 Å². The molecule has 0 N–H and O–H groups in total. The molecule has 98 valence electrons. The number of hydrogen-bond acceptors (Lipinski definition) is 5. The molecule has 1 aromatic carbocycles. The fourth-order valence-electron chi connectivity index (χ4n) is 1.44. The third-order valence-electron chi connectivity index (χ3n) is 2.34. The third-order valence-corrected chi connectivity index (χ3v) is 4.35. The van der Waals surface area contributed by atoms with Crippen LogP contribution in [-0.2, 0) is 4.79 Å². The molecule has 0 aromatic heterocycles. The van der Waals surface area contributed by atoms with Gasteiger partial charge in [-0.25, -0.2) is 4.99 Å². The number of aliphatic imine (C=N–C) groups is 1. The molecule has 3 nitrogen and oxygen atoms in total. The lowest BCUT2D eigenvalue weighted by molar-refractivity contribution is -0.107. The van der Waals surface area contributed by atoms with E-state index in [1.165, 1.54) is 23.5 Å². The number of carbonyl (C=O) groups is 1. The Kier molecular flexibility index (Phi) is 4.87. The molecule has 0 fully saturated rings. The lowest BCUT2D eigenvalue weighted by Crippen LogP contribution is -1.88. The van der Waals surface area contributed by atoms with Crippen molar-refractivity contribution in [1.29, 1.82) is 0 Å². The van der Waals surface area contributed by atoms with Gasteiger partial charge in [-0.1, -0.05) is 30.0 Å². The van der Waals surface area contributed by atoms with E-state index in [1.807, 2.05) is 24.3 Å². The maximum atomic E-state index is 11.8. The Bertz CT molecular complexity index is 547. The second kappa shape index (κ2) is 6.63. The zero-order valence-electron chi connectivity index (χ0n) is 10.5. The number of hydrogen-bond donors (Lipinski definition) is 0. The van der Waals surface area contributed by atoms with E-state index < -0.39 is 0 Å². The predicted octanol–water partition coefficient (Wildman–Crippen LogP) is 3.58. The monoisotopic (exact) mass is 291 g/mol. The van der Waals surface area contributed by atoms with Crippen molar-refractivity contribution < 1.29 is 9.53 Å². The molecule has 0 spiro atoms. The van der Waals surface area contributed by atoms with Crippen LogP contribution >= 0.6 is 23.5 Å². The van der Waals surface area contributed by atoms with Crippen LogP contribution < -0.4 is 4.74 Å². The Morgan fingerprint density at radius 1 is 1.42 bits per heavy atom. The van der Waals surface area contributed by atoms with Gasteiger partial charge in [0.2, 0.25) is 5.12 Å². The van der Waals surface area contributed by atoms with Crippen molar-refractivity contribution in [3.63, 3.8) is 0 Å². The van der Waals surface area contributed by atoms with Gasteiger partial charge < -0.3 is 4.74 Å². The van der Waals surface area contributed by atoms with Gasteiger partial charge in [0.15, 0.2) is 0 Å². The van der Waals surface area contributed by atoms with E-state index in [0.717, 1.165) is 21.4 Å². The topological polar surface area (TPSA) is 38.7 Å². The summed E-state index contributed by atoms with van der Waals surface area (Å²) < 4.78 is 5.87. The van der Waals surface area contributed by atoms with Crippen LogP contribution in [0.4, 0.5) is 0 Å². The van der Waals surface area contributed by atoms with Gasteiger partial charge in [-0.2, -0.15) is 0 Å². The summed E-state index contributed by atoms with van der Waals surface area (Å²) in [5, 5.41) is -0.0117. The number of methoxy groups -OCH3 is 1. The number of ether oxygens (including phenoxy) is 1. The number of thioether (sulfide) groups is 2. The summed E-state index contributed by atoms with van der Waals surface area (Å²) in [7, 11) is 1.62. The van der Waals surface area contributed by atoms with Crippen molar-refractivity contribution in [3.8, 4) is 5.75 Å². The van der Waals surface area contributed by atoms with E-state index in [2.05, 4.69) is 11.6 Å². The molecule has 0 atom stereocenters. The molecule has 2 rings (SSSR count). The first-order chi connectivity index (χ1) is 9.22. The zero-order valence-corrected chi connectivity index (χ0v) is 12.1. The van der Waals surface area contributed by atoms with E-state index in [4.69, 9.17) is 4.74 Å². The average Bonchev–Trinajstić information content (AvgIpc) is 2.78. The highest BCUT2D eigenvalue weighted by atomic mass is 32.2. The quantitative estimate of drug-likeness (QED) is 0.628. The van der Waals surface area contributed by atoms with Crippen LogP contribution in [0.1, 0.15) is 5.56 Å². The number of rotatable bonds is 4. The second-order valence-electron chi connectivity index (χ2n) is 3.67. The summed E-state index contributed by atoms with van der Waals surface area (Å²) in [5.41, 5.74) is 1.42. The van der Waals surface area contributed by atoms with Crippen LogP contribution in [0.2, 0.25) is 0 Å². The van der Waals surface area contributed by atoms with Crippen molar-refractivity contribution in [3.05, 3.63) is 48.2 Å². The van der Waals surface area contributed by atoms with Crippen LogP contribution in [0.25, 0.3) is 6.08 Å². The Morgan fingerprint density at radius 2 is 2.16 bits per heavy atom. The van der Waals surface area contributed by atoms with E-state index in [9.17, 15) is 4.79 Å². The molecule has 0 unspecified atom stereocenters. The molecule has 1 aromatic rings. The molecule has 0 amide bonds. The molecular weight excluding hydrogens is 278 g/mol. The van der Waals surface area contributed by atoms with Crippen molar-refractivity contribution in [2.45, 2.75) is 0 Å². The molecule has 0 radical (unpaired) electrons. The predicted molar refractivity (Wildman–Crippen MR) is 83.7 cm³/mol. The van der Waals surface area contributed by atoms with E-state index in [-0.39, 0.29) is 5.12 Å². The Balaban J connectivity index is 2.15. The minimum absolute atomic E-state index is 0.0117. The smallest absolute Gasteiger partial charge is 0.244 e. The minimum atomic E-state index is -0.0117. The summed E-state index contributed by atoms with van der Waals surface area (Å²) in [4.78, 5) is 16.1. The average molecular weight is 291 g/mol. The molecule has 5 heteroatoms. The molecule has 0 bridgehead atoms. The van der Waals surface area contributed by atoms with Crippen molar-refractivity contribution >= 4 is 39.1 Å². The molecule has 1 aliphatic heterocycles. The van der Waals surface area contributed by atoms with Crippen LogP contribution in [0.3, 0.4) is 0 Å². The fourth-order valence-corrected chi connectivity index (χ4v) is 3.04. The summed E-state index contributed by atoms with van der Waals surface area (Å²) in [6.45, 7) is 3.65. The Hall–Kier alpha value is -1.46. The maximum Gasteiger partial charge on any atom is 0.244 e. The molecule has 1 aliphatic rings. The van der Waals surface area contributed by atoms with Gasteiger partial charge in [0, 0.05) is 5.75 Å². The van der Waals surface area contributed by atoms with Gasteiger partial charge in [-0.3, -0.25) is 4.79 Å². The van der Waals surface area contributed by atoms with E-state index >= 15 is 0 Å². The highest BCUT2D eigenvalue weighted by Crippen LogP contribution is 2.31. The molecular formula is C14H13NO2S2.